The van der Waals surface area contributed by atoms with E-state index in [4.69, 9.17) is 9.15 Å². The minimum atomic E-state index is 0. The van der Waals surface area contributed by atoms with Crippen LogP contribution >= 0.6 is 12.4 Å². The summed E-state index contributed by atoms with van der Waals surface area (Å²) in [4.78, 5) is 2.49. The predicted octanol–water partition coefficient (Wildman–Crippen LogP) is 5.34. The molecule has 6 rings (SSSR count). The number of piperidine rings is 3. The van der Waals surface area contributed by atoms with E-state index in [1.807, 2.05) is 12.1 Å². The van der Waals surface area contributed by atoms with Crippen molar-refractivity contribution in [2.75, 3.05) is 13.1 Å². The molecule has 130 valence electrons. The summed E-state index contributed by atoms with van der Waals surface area (Å²) >= 11 is 0. The molecular weight excluding hydrogens is 334 g/mol. The summed E-state index contributed by atoms with van der Waals surface area (Å²) < 4.78 is 11.8. The van der Waals surface area contributed by atoms with Gasteiger partial charge in [0.25, 0.3) is 0 Å². The van der Waals surface area contributed by atoms with Crippen molar-refractivity contribution in [2.45, 2.75) is 25.5 Å². The third kappa shape index (κ3) is 3.14. The number of benzene rings is 2. The van der Waals surface area contributed by atoms with Gasteiger partial charge < -0.3 is 9.15 Å². The van der Waals surface area contributed by atoms with Crippen molar-refractivity contribution in [3.63, 3.8) is 0 Å². The quantitative estimate of drug-likeness (QED) is 0.634. The largest absolute Gasteiger partial charge is 0.475 e. The van der Waals surface area contributed by atoms with Crippen LogP contribution < -0.4 is 4.74 Å². The fourth-order valence-corrected chi connectivity index (χ4v) is 4.09. The number of nitrogens with zero attached hydrogens (tertiary/aromatic N) is 1. The molecule has 2 bridgehead atoms. The lowest BCUT2D eigenvalue weighted by atomic mass is 9.87. The maximum Gasteiger partial charge on any atom is 0.152 e. The van der Waals surface area contributed by atoms with E-state index >= 15 is 0 Å². The summed E-state index contributed by atoms with van der Waals surface area (Å²) in [5.41, 5.74) is 3.31. The van der Waals surface area contributed by atoms with Crippen LogP contribution in [0.3, 0.4) is 0 Å². The van der Waals surface area contributed by atoms with E-state index in [9.17, 15) is 0 Å². The Morgan fingerprint density at radius 3 is 2.60 bits per heavy atom. The standard InChI is InChI=1S/C21H21NO2.ClH/c1-2-16(17-4-5-20-18(13-17)8-11-23-20)14-19(3-1)24-21-12-15-6-9-22(21)10-7-15;/h1-5,8,11,13-15,21H,6-7,9-10,12H2;1H. The van der Waals surface area contributed by atoms with Gasteiger partial charge in [-0.25, -0.2) is 0 Å². The van der Waals surface area contributed by atoms with Crippen LogP contribution in [0.15, 0.2) is 59.2 Å². The molecule has 3 aromatic rings. The monoisotopic (exact) mass is 355 g/mol. The first-order chi connectivity index (χ1) is 11.8. The van der Waals surface area contributed by atoms with Crippen LogP contribution in [0.25, 0.3) is 22.1 Å². The maximum absolute atomic E-state index is 6.33. The molecule has 3 nitrogen and oxygen atoms in total. The number of ether oxygens (including phenoxy) is 1. The molecule has 1 unspecified atom stereocenters. The lowest BCUT2D eigenvalue weighted by molar-refractivity contribution is -0.0605. The Hall–Kier alpha value is -1.97. The minimum absolute atomic E-state index is 0. The fourth-order valence-electron chi connectivity index (χ4n) is 4.09. The SMILES string of the molecule is Cl.c1cc(OC2CC3CCN2CC3)cc(-c2ccc3occc3c2)c1. The molecule has 0 amide bonds. The van der Waals surface area contributed by atoms with Crippen molar-refractivity contribution in [1.82, 2.24) is 4.90 Å². The van der Waals surface area contributed by atoms with E-state index in [-0.39, 0.29) is 18.6 Å². The van der Waals surface area contributed by atoms with Gasteiger partial charge in [-0.05, 0) is 60.2 Å². The van der Waals surface area contributed by atoms with E-state index in [1.165, 1.54) is 43.5 Å². The van der Waals surface area contributed by atoms with Gasteiger partial charge in [-0.2, -0.15) is 0 Å². The van der Waals surface area contributed by atoms with Crippen molar-refractivity contribution in [3.05, 3.63) is 54.8 Å². The van der Waals surface area contributed by atoms with Gasteiger partial charge in [-0.1, -0.05) is 18.2 Å². The zero-order valence-corrected chi connectivity index (χ0v) is 14.9. The second-order valence-electron chi connectivity index (χ2n) is 6.99. The van der Waals surface area contributed by atoms with Crippen LogP contribution in [0.2, 0.25) is 0 Å². The molecule has 0 aliphatic carbocycles. The highest BCUT2D eigenvalue weighted by atomic mass is 35.5. The van der Waals surface area contributed by atoms with Gasteiger partial charge in [-0.15, -0.1) is 12.4 Å². The molecule has 0 N–H and O–H groups in total. The molecule has 3 fully saturated rings. The topological polar surface area (TPSA) is 25.6 Å². The zero-order chi connectivity index (χ0) is 15.9. The Morgan fingerprint density at radius 1 is 0.960 bits per heavy atom. The van der Waals surface area contributed by atoms with E-state index in [0.29, 0.717) is 0 Å². The zero-order valence-electron chi connectivity index (χ0n) is 14.1. The van der Waals surface area contributed by atoms with Gasteiger partial charge >= 0.3 is 0 Å². The van der Waals surface area contributed by atoms with Crippen molar-refractivity contribution in [3.8, 4) is 16.9 Å². The number of fused-ring (bicyclic) bond motifs is 4. The van der Waals surface area contributed by atoms with Gasteiger partial charge in [0.05, 0.1) is 6.26 Å². The van der Waals surface area contributed by atoms with E-state index in [2.05, 4.69) is 41.3 Å². The Bertz CT molecular complexity index is 867. The highest BCUT2D eigenvalue weighted by molar-refractivity contribution is 5.85. The van der Waals surface area contributed by atoms with Gasteiger partial charge in [0.1, 0.15) is 11.3 Å². The third-order valence-electron chi connectivity index (χ3n) is 5.48. The average molecular weight is 356 g/mol. The second kappa shape index (κ2) is 6.74. The Kier molecular flexibility index (Phi) is 4.45. The Labute approximate surface area is 154 Å². The molecule has 1 atom stereocenters. The molecule has 3 aliphatic rings. The highest BCUT2D eigenvalue weighted by Gasteiger charge is 2.34. The smallest absolute Gasteiger partial charge is 0.152 e. The number of rotatable bonds is 3. The molecule has 3 aliphatic heterocycles. The van der Waals surface area contributed by atoms with Crippen molar-refractivity contribution in [1.29, 1.82) is 0 Å². The van der Waals surface area contributed by atoms with E-state index in [1.54, 1.807) is 6.26 Å². The van der Waals surface area contributed by atoms with Crippen LogP contribution in [0.4, 0.5) is 0 Å². The maximum atomic E-state index is 6.33. The first-order valence-corrected chi connectivity index (χ1v) is 8.83. The molecule has 0 spiro atoms. The summed E-state index contributed by atoms with van der Waals surface area (Å²) in [7, 11) is 0. The summed E-state index contributed by atoms with van der Waals surface area (Å²) in [6.07, 6.45) is 5.84. The number of halogens is 1. The average Bonchev–Trinajstić information content (AvgIpc) is 3.11. The van der Waals surface area contributed by atoms with E-state index in [0.717, 1.165) is 22.6 Å². The van der Waals surface area contributed by atoms with Gasteiger partial charge in [0.2, 0.25) is 0 Å². The van der Waals surface area contributed by atoms with Crippen molar-refractivity contribution < 1.29 is 9.15 Å². The summed E-state index contributed by atoms with van der Waals surface area (Å²) in [5.74, 6) is 1.82. The molecule has 1 aromatic heterocycles. The van der Waals surface area contributed by atoms with Crippen LogP contribution in [0.5, 0.6) is 5.75 Å². The molecule has 4 heteroatoms. The molecule has 3 saturated heterocycles. The molecule has 0 saturated carbocycles. The predicted molar refractivity (Wildman–Crippen MR) is 102 cm³/mol. The van der Waals surface area contributed by atoms with E-state index < -0.39 is 0 Å². The molecule has 2 aromatic carbocycles. The van der Waals surface area contributed by atoms with Crippen molar-refractivity contribution >= 4 is 23.4 Å². The molecule has 4 heterocycles. The summed E-state index contributed by atoms with van der Waals surface area (Å²) in [5, 5.41) is 1.13. The van der Waals surface area contributed by atoms with Gasteiger partial charge in [0.15, 0.2) is 6.23 Å². The molecule has 25 heavy (non-hydrogen) atoms. The molecular formula is C21H22ClNO2. The number of hydrogen-bond donors (Lipinski definition) is 0. The fraction of sp³-hybridized carbons (Fsp3) is 0.333. The number of hydrogen-bond acceptors (Lipinski definition) is 3. The first-order valence-electron chi connectivity index (χ1n) is 8.83. The van der Waals surface area contributed by atoms with Crippen LogP contribution in [-0.4, -0.2) is 24.2 Å². The van der Waals surface area contributed by atoms with Gasteiger partial charge in [-0.3, -0.25) is 4.90 Å². The van der Waals surface area contributed by atoms with Crippen LogP contribution in [0, 0.1) is 5.92 Å². The van der Waals surface area contributed by atoms with Crippen molar-refractivity contribution in [2.24, 2.45) is 5.92 Å². The van der Waals surface area contributed by atoms with Crippen LogP contribution in [0.1, 0.15) is 19.3 Å². The lowest BCUT2D eigenvalue weighted by Gasteiger charge is -2.44. The van der Waals surface area contributed by atoms with Crippen LogP contribution in [-0.2, 0) is 0 Å². The summed E-state index contributed by atoms with van der Waals surface area (Å²) in [6.45, 7) is 2.37. The summed E-state index contributed by atoms with van der Waals surface area (Å²) in [6, 6.07) is 16.8. The Morgan fingerprint density at radius 2 is 1.80 bits per heavy atom. The number of furan rings is 1. The lowest BCUT2D eigenvalue weighted by Crippen LogP contribution is -2.51. The Balaban J connectivity index is 0.00000157. The minimum Gasteiger partial charge on any atom is -0.475 e. The van der Waals surface area contributed by atoms with Gasteiger partial charge in [0, 0.05) is 24.9 Å². The second-order valence-corrected chi connectivity index (χ2v) is 6.99. The normalized spacial score (nSPS) is 24.9. The first kappa shape index (κ1) is 16.5. The third-order valence-corrected chi connectivity index (χ3v) is 5.48. The highest BCUT2D eigenvalue weighted by Crippen LogP contribution is 2.34. The molecule has 0 radical (unpaired) electrons.